The van der Waals surface area contributed by atoms with Crippen LogP contribution in [0.4, 0.5) is 0 Å². The number of aromatic amines is 1. The smallest absolute Gasteiger partial charge is 0.124 e. The van der Waals surface area contributed by atoms with Crippen LogP contribution in [0.3, 0.4) is 0 Å². The minimum atomic E-state index is 0.285. The molecule has 3 nitrogen and oxygen atoms in total. The van der Waals surface area contributed by atoms with Gasteiger partial charge < -0.3 is 10.3 Å². The van der Waals surface area contributed by atoms with Crippen molar-refractivity contribution < 1.29 is 0 Å². The van der Waals surface area contributed by atoms with Gasteiger partial charge in [-0.2, -0.15) is 11.8 Å². The van der Waals surface area contributed by atoms with Gasteiger partial charge in [-0.3, -0.25) is 0 Å². The third-order valence-electron chi connectivity index (χ3n) is 3.50. The lowest BCUT2D eigenvalue weighted by atomic mass is 10.1. The average Bonchev–Trinajstić information content (AvgIpc) is 2.95. The Hall–Kier alpha value is -1.000. The first kappa shape index (κ1) is 12.1. The van der Waals surface area contributed by atoms with Crippen molar-refractivity contribution in [3.05, 3.63) is 30.1 Å². The van der Waals surface area contributed by atoms with Gasteiger partial charge in [0.05, 0.1) is 17.1 Å². The number of benzene rings is 1. The van der Waals surface area contributed by atoms with Crippen LogP contribution in [0.5, 0.6) is 0 Å². The van der Waals surface area contributed by atoms with Crippen molar-refractivity contribution in [2.75, 3.05) is 5.75 Å². The number of rotatable bonds is 3. The molecule has 0 radical (unpaired) electrons. The van der Waals surface area contributed by atoms with E-state index in [1.807, 2.05) is 12.1 Å². The molecule has 1 aromatic heterocycles. The van der Waals surface area contributed by atoms with Gasteiger partial charge in [-0.25, -0.2) is 4.98 Å². The fourth-order valence-electron chi connectivity index (χ4n) is 2.54. The normalized spacial score (nSPS) is 25.7. The van der Waals surface area contributed by atoms with Gasteiger partial charge in [-0.1, -0.05) is 19.1 Å². The second-order valence-corrected chi connectivity index (χ2v) is 6.58. The Bertz CT molecular complexity index is 504. The first-order chi connectivity index (χ1) is 8.72. The van der Waals surface area contributed by atoms with E-state index in [-0.39, 0.29) is 6.04 Å². The summed E-state index contributed by atoms with van der Waals surface area (Å²) in [4.78, 5) is 8.05. The van der Waals surface area contributed by atoms with Crippen LogP contribution in [0.1, 0.15) is 32.1 Å². The van der Waals surface area contributed by atoms with Crippen molar-refractivity contribution in [2.24, 2.45) is 0 Å². The molecule has 1 aromatic carbocycles. The van der Waals surface area contributed by atoms with Gasteiger partial charge in [0.15, 0.2) is 0 Å². The zero-order chi connectivity index (χ0) is 12.5. The molecule has 1 fully saturated rings. The van der Waals surface area contributed by atoms with Crippen molar-refractivity contribution in [1.82, 2.24) is 15.3 Å². The topological polar surface area (TPSA) is 40.7 Å². The Kier molecular flexibility index (Phi) is 3.31. The fourth-order valence-corrected chi connectivity index (χ4v) is 3.70. The monoisotopic (exact) mass is 261 g/mol. The first-order valence-corrected chi connectivity index (χ1v) is 7.59. The maximum Gasteiger partial charge on any atom is 0.124 e. The van der Waals surface area contributed by atoms with Gasteiger partial charge in [-0.05, 0) is 25.5 Å². The molecule has 1 aliphatic rings. The first-order valence-electron chi connectivity index (χ1n) is 6.54. The summed E-state index contributed by atoms with van der Waals surface area (Å²) in [6.45, 7) is 4.49. The largest absolute Gasteiger partial charge is 0.341 e. The Balaban J connectivity index is 1.73. The number of nitrogens with zero attached hydrogens (tertiary/aromatic N) is 1. The zero-order valence-corrected chi connectivity index (χ0v) is 11.6. The molecule has 3 unspecified atom stereocenters. The molecular formula is C14H19N3S. The lowest BCUT2D eigenvalue weighted by molar-refractivity contribution is 0.462. The number of H-pyrrole nitrogens is 1. The molecule has 0 saturated carbocycles. The van der Waals surface area contributed by atoms with Crippen LogP contribution < -0.4 is 5.32 Å². The summed E-state index contributed by atoms with van der Waals surface area (Å²) in [6.07, 6.45) is 1.26. The van der Waals surface area contributed by atoms with E-state index in [0.717, 1.165) is 22.1 Å². The highest BCUT2D eigenvalue weighted by molar-refractivity contribution is 8.00. The van der Waals surface area contributed by atoms with E-state index < -0.39 is 0 Å². The van der Waals surface area contributed by atoms with Gasteiger partial charge in [0.2, 0.25) is 0 Å². The highest BCUT2D eigenvalue weighted by Crippen LogP contribution is 2.27. The van der Waals surface area contributed by atoms with Crippen LogP contribution in [0.2, 0.25) is 0 Å². The molecule has 2 N–H and O–H groups in total. The van der Waals surface area contributed by atoms with Gasteiger partial charge in [0.1, 0.15) is 5.82 Å². The standard InChI is InChI=1S/C14H19N3S/c1-9-7-11(8-18-9)15-10(2)14-16-12-5-3-4-6-13(12)17-14/h3-6,9-11,15H,7-8H2,1-2H3,(H,16,17). The number of hydrogen-bond donors (Lipinski definition) is 2. The van der Waals surface area contributed by atoms with E-state index in [0.29, 0.717) is 6.04 Å². The predicted molar refractivity (Wildman–Crippen MR) is 78.0 cm³/mol. The number of hydrogen-bond acceptors (Lipinski definition) is 3. The molecule has 0 spiro atoms. The minimum absolute atomic E-state index is 0.285. The molecule has 4 heteroatoms. The average molecular weight is 261 g/mol. The molecule has 2 aromatic rings. The number of aromatic nitrogens is 2. The summed E-state index contributed by atoms with van der Waals surface area (Å²) in [5.41, 5.74) is 2.17. The molecule has 0 amide bonds. The SMILES string of the molecule is CC1CC(NC(C)c2nc3ccccc3[nH]2)CS1. The highest BCUT2D eigenvalue weighted by atomic mass is 32.2. The van der Waals surface area contributed by atoms with E-state index in [9.17, 15) is 0 Å². The van der Waals surface area contributed by atoms with E-state index in [2.05, 4.69) is 53.0 Å². The zero-order valence-electron chi connectivity index (χ0n) is 10.8. The second-order valence-electron chi connectivity index (χ2n) is 5.10. The molecule has 1 aliphatic heterocycles. The lowest BCUT2D eigenvalue weighted by Crippen LogP contribution is -2.32. The van der Waals surface area contributed by atoms with Gasteiger partial charge in [-0.15, -0.1) is 0 Å². The van der Waals surface area contributed by atoms with E-state index in [1.165, 1.54) is 12.2 Å². The third-order valence-corrected chi connectivity index (χ3v) is 4.86. The van der Waals surface area contributed by atoms with Gasteiger partial charge >= 0.3 is 0 Å². The summed E-state index contributed by atoms with van der Waals surface area (Å²) >= 11 is 2.05. The molecule has 0 bridgehead atoms. The fraction of sp³-hybridized carbons (Fsp3) is 0.500. The Morgan fingerprint density at radius 1 is 1.44 bits per heavy atom. The summed E-state index contributed by atoms with van der Waals surface area (Å²) in [5, 5.41) is 4.45. The maximum atomic E-state index is 4.65. The van der Waals surface area contributed by atoms with Crippen LogP contribution >= 0.6 is 11.8 Å². The van der Waals surface area contributed by atoms with Gasteiger partial charge in [0.25, 0.3) is 0 Å². The van der Waals surface area contributed by atoms with E-state index in [4.69, 9.17) is 0 Å². The lowest BCUT2D eigenvalue weighted by Gasteiger charge is -2.16. The molecular weight excluding hydrogens is 242 g/mol. The summed E-state index contributed by atoms with van der Waals surface area (Å²) < 4.78 is 0. The summed E-state index contributed by atoms with van der Waals surface area (Å²) in [6, 6.07) is 9.10. The van der Waals surface area contributed by atoms with Crippen LogP contribution in [0.25, 0.3) is 11.0 Å². The van der Waals surface area contributed by atoms with Crippen molar-refractivity contribution in [3.63, 3.8) is 0 Å². The Labute approximate surface area is 112 Å². The Morgan fingerprint density at radius 2 is 2.28 bits per heavy atom. The number of imidazole rings is 1. The quantitative estimate of drug-likeness (QED) is 0.892. The molecule has 2 heterocycles. The molecule has 0 aliphatic carbocycles. The third kappa shape index (κ3) is 2.40. The van der Waals surface area contributed by atoms with Crippen molar-refractivity contribution >= 4 is 22.8 Å². The second kappa shape index (κ2) is 4.94. The maximum absolute atomic E-state index is 4.65. The summed E-state index contributed by atoms with van der Waals surface area (Å²) in [5.74, 6) is 2.26. The number of fused-ring (bicyclic) bond motifs is 1. The van der Waals surface area contributed by atoms with Crippen molar-refractivity contribution in [3.8, 4) is 0 Å². The highest BCUT2D eigenvalue weighted by Gasteiger charge is 2.24. The van der Waals surface area contributed by atoms with Crippen LogP contribution in [-0.2, 0) is 0 Å². The molecule has 3 atom stereocenters. The Morgan fingerprint density at radius 3 is 3.00 bits per heavy atom. The van der Waals surface area contributed by atoms with E-state index >= 15 is 0 Å². The molecule has 1 saturated heterocycles. The van der Waals surface area contributed by atoms with E-state index in [1.54, 1.807) is 0 Å². The number of para-hydroxylation sites is 2. The molecule has 18 heavy (non-hydrogen) atoms. The molecule has 3 rings (SSSR count). The minimum Gasteiger partial charge on any atom is -0.341 e. The summed E-state index contributed by atoms with van der Waals surface area (Å²) in [7, 11) is 0. The van der Waals surface area contributed by atoms with Gasteiger partial charge in [0, 0.05) is 17.0 Å². The van der Waals surface area contributed by atoms with Crippen LogP contribution in [0, 0.1) is 0 Å². The van der Waals surface area contributed by atoms with Crippen LogP contribution in [-0.4, -0.2) is 27.0 Å². The van der Waals surface area contributed by atoms with Crippen molar-refractivity contribution in [1.29, 1.82) is 0 Å². The number of nitrogens with one attached hydrogen (secondary N) is 2. The van der Waals surface area contributed by atoms with Crippen molar-refractivity contribution in [2.45, 2.75) is 37.6 Å². The number of thioether (sulfide) groups is 1. The van der Waals surface area contributed by atoms with Crippen LogP contribution in [0.15, 0.2) is 24.3 Å². The predicted octanol–water partition coefficient (Wildman–Crippen LogP) is 3.11. The molecule has 96 valence electrons.